The largest absolute Gasteiger partial charge is 0.459 e. The van der Waals surface area contributed by atoms with Crippen molar-refractivity contribution in [2.75, 3.05) is 6.61 Å². The summed E-state index contributed by atoms with van der Waals surface area (Å²) in [5.41, 5.74) is 1.03. The van der Waals surface area contributed by atoms with Crippen LogP contribution in [0.3, 0.4) is 0 Å². The second-order valence-electron chi connectivity index (χ2n) is 28.2. The van der Waals surface area contributed by atoms with Gasteiger partial charge in [-0.25, -0.2) is 0 Å². The number of aliphatic hydroxyl groups is 4. The summed E-state index contributed by atoms with van der Waals surface area (Å²) in [5.74, 6) is -3.44. The van der Waals surface area contributed by atoms with E-state index in [4.69, 9.17) is 71.1 Å². The first-order valence-corrected chi connectivity index (χ1v) is 31.3. The fourth-order valence-corrected chi connectivity index (χ4v) is 18.6. The Labute approximate surface area is 474 Å². The lowest BCUT2D eigenvalue weighted by Crippen LogP contribution is -2.63. The van der Waals surface area contributed by atoms with E-state index in [-0.39, 0.29) is 116 Å². The summed E-state index contributed by atoms with van der Waals surface area (Å²) in [6, 6.07) is 0. The van der Waals surface area contributed by atoms with Crippen molar-refractivity contribution < 1.29 is 96.3 Å². The molecule has 16 saturated heterocycles. The molecule has 16 aliphatic heterocycles. The van der Waals surface area contributed by atoms with Crippen LogP contribution in [-0.2, 0) is 75.8 Å². The van der Waals surface area contributed by atoms with E-state index >= 15 is 0 Å². The van der Waals surface area contributed by atoms with Gasteiger partial charge in [0.15, 0.2) is 17.4 Å². The van der Waals surface area contributed by atoms with E-state index in [1.165, 1.54) is 0 Å². The van der Waals surface area contributed by atoms with Crippen molar-refractivity contribution in [3.8, 4) is 0 Å². The third kappa shape index (κ3) is 9.29. The molecular weight excluding hydrogens is 1050 g/mol. The highest BCUT2D eigenvalue weighted by Gasteiger charge is 2.77. The van der Waals surface area contributed by atoms with Gasteiger partial charge in [0.2, 0.25) is 0 Å². The van der Waals surface area contributed by atoms with Crippen molar-refractivity contribution >= 4 is 5.97 Å². The zero-order chi connectivity index (χ0) is 55.8. The van der Waals surface area contributed by atoms with E-state index in [1.54, 1.807) is 0 Å². The number of aliphatic hydroxyl groups excluding tert-OH is 4. The fourth-order valence-electron chi connectivity index (χ4n) is 18.6. The molecular formula is C61H88O20. The van der Waals surface area contributed by atoms with E-state index in [2.05, 4.69) is 40.9 Å². The van der Waals surface area contributed by atoms with Gasteiger partial charge >= 0.3 is 5.97 Å². The van der Waals surface area contributed by atoms with Crippen molar-refractivity contribution in [2.24, 2.45) is 23.7 Å². The number of ether oxygens (including phenoxy) is 15. The Morgan fingerprint density at radius 3 is 2.10 bits per heavy atom. The average molecular weight is 1140 g/mol. The fraction of sp³-hybridized carbons (Fsp3) is 0.918. The minimum atomic E-state index is -1.35. The average Bonchev–Trinajstić information content (AvgIpc) is 4.44. The lowest BCUT2D eigenvalue weighted by molar-refractivity contribution is -0.347. The molecule has 0 aromatic carbocycles. The lowest BCUT2D eigenvalue weighted by atomic mass is 9.79. The van der Waals surface area contributed by atoms with Crippen LogP contribution in [-0.4, -0.2) is 209 Å². The molecule has 16 aliphatic rings. The van der Waals surface area contributed by atoms with Crippen LogP contribution in [0.15, 0.2) is 24.3 Å². The van der Waals surface area contributed by atoms with Gasteiger partial charge in [0.05, 0.1) is 123 Å². The summed E-state index contributed by atoms with van der Waals surface area (Å²) in [7, 11) is 0. The lowest BCUT2D eigenvalue weighted by Gasteiger charge is -2.50. The topological polar surface area (TPSA) is 236 Å². The highest BCUT2D eigenvalue weighted by molar-refractivity contribution is 5.70. The van der Waals surface area contributed by atoms with Crippen LogP contribution in [0.4, 0.5) is 0 Å². The Bertz CT molecular complexity index is 2430. The molecule has 33 unspecified atom stereocenters. The molecule has 16 rings (SSSR count). The van der Waals surface area contributed by atoms with Crippen LogP contribution < -0.4 is 0 Å². The molecule has 16 heterocycles. The Morgan fingerprint density at radius 2 is 1.27 bits per heavy atom. The first kappa shape index (κ1) is 55.8. The van der Waals surface area contributed by atoms with Gasteiger partial charge in [-0.3, -0.25) is 4.79 Å². The van der Waals surface area contributed by atoms with Crippen molar-refractivity contribution in [3.63, 3.8) is 0 Å². The number of fused-ring (bicyclic) bond motifs is 10. The maximum atomic E-state index is 14.6. The number of hydrogen-bond donors (Lipinski definition) is 4. The van der Waals surface area contributed by atoms with Gasteiger partial charge in [-0.1, -0.05) is 40.9 Å². The number of esters is 1. The van der Waals surface area contributed by atoms with Gasteiger partial charge in [-0.05, 0) is 80.8 Å². The Kier molecular flexibility index (Phi) is 14.1. The monoisotopic (exact) mass is 1140 g/mol. The molecule has 20 nitrogen and oxygen atoms in total. The minimum Gasteiger partial charge on any atom is -0.459 e. The summed E-state index contributed by atoms with van der Waals surface area (Å²) in [5, 5.41) is 42.5. The van der Waals surface area contributed by atoms with Crippen molar-refractivity contribution in [2.45, 2.75) is 319 Å². The molecule has 0 aliphatic carbocycles. The van der Waals surface area contributed by atoms with Crippen molar-refractivity contribution in [1.29, 1.82) is 0 Å². The van der Waals surface area contributed by atoms with Crippen molar-refractivity contribution in [1.82, 2.24) is 0 Å². The SMILES string of the molecule is C=C1CC2CCC34OC5C6OC(CCC6OC6C5OC(C)(C6O3)C4O)CC(=O)OC3C(CC4OC(CCC1O2)CC(C)C4=C)OC1CC2OC4(CC2OC1C3C)CC1OC2(CC(C)C3OC(C(O)CC(O)CO)CC3O2)CC(C)C1O4. The summed E-state index contributed by atoms with van der Waals surface area (Å²) < 4.78 is 103. The Hall–Kier alpha value is -1.77. The Morgan fingerprint density at radius 1 is 0.568 bits per heavy atom. The zero-order valence-corrected chi connectivity index (χ0v) is 47.7. The normalized spacial score (nSPS) is 57.9. The van der Waals surface area contributed by atoms with E-state index in [1.807, 2.05) is 6.92 Å². The summed E-state index contributed by atoms with van der Waals surface area (Å²) in [4.78, 5) is 14.6. The molecule has 0 aromatic rings. The third-order valence-electron chi connectivity index (χ3n) is 22.5. The predicted octanol–water partition coefficient (Wildman–Crippen LogP) is 4.29. The standard InChI is InChI=1S/C61H88O20/c1-26-14-33-8-10-37-27(2)15-35(67-37)12-13-61-57(66)58(7)56(81-61)55-54(78-58)53(80-61)52-38(71-55)11-9-34(69-52)17-47(65)74-51-31(6)50-43(70-42(51)18-39(68-33)30(26)5)20-41-45(73-50)23-60(75-41)24-46-49(79-60)29(4)22-59(77-46)21-28(3)48-44(76-59)19-40(72-48)36(64)16-32(63)25-62/h26,28-29,31-46,48-57,62-64,66H,2,5,8-25H2,1,3-4,6-7H3. The minimum absolute atomic E-state index is 0.0117. The molecule has 4 N–H and O–H groups in total. The molecule has 3 spiro atoms. The molecule has 33 atom stereocenters. The molecule has 0 aromatic heterocycles. The second kappa shape index (κ2) is 20.4. The van der Waals surface area contributed by atoms with Crippen LogP contribution in [0.2, 0.25) is 0 Å². The van der Waals surface area contributed by atoms with Gasteiger partial charge in [-0.15, -0.1) is 0 Å². The molecule has 81 heavy (non-hydrogen) atoms. The third-order valence-corrected chi connectivity index (χ3v) is 22.5. The summed E-state index contributed by atoms with van der Waals surface area (Å²) >= 11 is 0. The maximum Gasteiger partial charge on any atom is 0.308 e. The molecule has 452 valence electrons. The molecule has 12 bridgehead atoms. The number of carbonyl (C=O) groups excluding carboxylic acids is 1. The van der Waals surface area contributed by atoms with Crippen LogP contribution in [0.5, 0.6) is 0 Å². The van der Waals surface area contributed by atoms with Gasteiger partial charge < -0.3 is 91.5 Å². The molecule has 20 heteroatoms. The van der Waals surface area contributed by atoms with E-state index in [9.17, 15) is 25.2 Å². The van der Waals surface area contributed by atoms with Crippen LogP contribution in [0.1, 0.15) is 144 Å². The molecule has 0 saturated carbocycles. The maximum absolute atomic E-state index is 14.6. The van der Waals surface area contributed by atoms with Crippen LogP contribution in [0.25, 0.3) is 0 Å². The van der Waals surface area contributed by atoms with Gasteiger partial charge in [0, 0.05) is 63.7 Å². The van der Waals surface area contributed by atoms with E-state index in [0.717, 1.165) is 30.4 Å². The first-order valence-electron chi connectivity index (χ1n) is 31.3. The van der Waals surface area contributed by atoms with Crippen LogP contribution in [0, 0.1) is 23.7 Å². The van der Waals surface area contributed by atoms with Gasteiger partial charge in [-0.2, -0.15) is 0 Å². The number of hydrogen-bond acceptors (Lipinski definition) is 20. The highest BCUT2D eigenvalue weighted by Crippen LogP contribution is 2.60. The van der Waals surface area contributed by atoms with E-state index < -0.39 is 109 Å². The second-order valence-corrected chi connectivity index (χ2v) is 28.2. The molecule has 0 amide bonds. The van der Waals surface area contributed by atoms with Crippen molar-refractivity contribution in [3.05, 3.63) is 24.3 Å². The van der Waals surface area contributed by atoms with Gasteiger partial charge in [0.25, 0.3) is 0 Å². The highest BCUT2D eigenvalue weighted by atomic mass is 16.8. The first-order chi connectivity index (χ1) is 38.8. The molecule has 0 radical (unpaired) electrons. The predicted molar refractivity (Wildman–Crippen MR) is 280 cm³/mol. The number of rotatable bonds is 4. The van der Waals surface area contributed by atoms with Crippen LogP contribution >= 0.6 is 0 Å². The Balaban J connectivity index is 0.660. The van der Waals surface area contributed by atoms with Gasteiger partial charge in [0.1, 0.15) is 48.3 Å². The molecule has 16 fully saturated rings. The summed E-state index contributed by atoms with van der Waals surface area (Å²) in [6.45, 7) is 19.2. The smallest absolute Gasteiger partial charge is 0.308 e. The summed E-state index contributed by atoms with van der Waals surface area (Å²) in [6.07, 6.45) is -2.16. The quantitative estimate of drug-likeness (QED) is 0.227. The van der Waals surface area contributed by atoms with E-state index in [0.29, 0.717) is 77.0 Å². The number of carbonyl (C=O) groups is 1. The zero-order valence-electron chi connectivity index (χ0n) is 47.7.